The number of benzene rings is 2. The van der Waals surface area contributed by atoms with Crippen molar-refractivity contribution in [2.75, 3.05) is 13.1 Å². The zero-order valence-corrected chi connectivity index (χ0v) is 21.4. The van der Waals surface area contributed by atoms with Gasteiger partial charge in [0.2, 0.25) is 5.91 Å². The van der Waals surface area contributed by atoms with Crippen LogP contribution in [0, 0.1) is 12.8 Å². The first kappa shape index (κ1) is 25.5. The highest BCUT2D eigenvalue weighted by atomic mass is 35.5. The van der Waals surface area contributed by atoms with Crippen molar-refractivity contribution in [3.05, 3.63) is 69.2 Å². The fourth-order valence-corrected chi connectivity index (χ4v) is 5.61. The Balaban J connectivity index is 1.38. The molecule has 2 aliphatic rings. The minimum Gasteiger partial charge on any atom is -0.351 e. The first-order chi connectivity index (χ1) is 16.8. The summed E-state index contributed by atoms with van der Waals surface area (Å²) >= 11 is 12.1. The number of nitrogens with one attached hydrogen (secondary N) is 2. The van der Waals surface area contributed by atoms with E-state index in [9.17, 15) is 14.4 Å². The molecule has 3 atom stereocenters. The van der Waals surface area contributed by atoms with Crippen LogP contribution in [0.3, 0.4) is 0 Å². The van der Waals surface area contributed by atoms with E-state index in [1.165, 1.54) is 0 Å². The molecule has 4 rings (SSSR count). The van der Waals surface area contributed by atoms with Gasteiger partial charge in [-0.3, -0.25) is 14.4 Å². The first-order valence-corrected chi connectivity index (χ1v) is 13.0. The van der Waals surface area contributed by atoms with E-state index in [1.54, 1.807) is 23.1 Å². The molecule has 2 aromatic rings. The molecule has 2 fully saturated rings. The van der Waals surface area contributed by atoms with Crippen molar-refractivity contribution in [1.29, 1.82) is 0 Å². The van der Waals surface area contributed by atoms with Gasteiger partial charge in [-0.25, -0.2) is 0 Å². The fourth-order valence-electron chi connectivity index (χ4n) is 5.09. The van der Waals surface area contributed by atoms with Gasteiger partial charge in [0.25, 0.3) is 11.8 Å². The van der Waals surface area contributed by atoms with Crippen LogP contribution in [0.15, 0.2) is 42.5 Å². The number of carbonyl (C=O) groups is 3. The van der Waals surface area contributed by atoms with E-state index in [0.717, 1.165) is 44.1 Å². The number of likely N-dealkylation sites (tertiary alicyclic amines) is 1. The largest absolute Gasteiger partial charge is 0.351 e. The molecule has 2 aromatic carbocycles. The highest BCUT2D eigenvalue weighted by Gasteiger charge is 2.33. The van der Waals surface area contributed by atoms with Gasteiger partial charge in [-0.2, -0.15) is 0 Å². The second-order valence-corrected chi connectivity index (χ2v) is 10.4. The summed E-state index contributed by atoms with van der Waals surface area (Å²) in [5, 5.41) is 7.16. The molecule has 6 nitrogen and oxygen atoms in total. The summed E-state index contributed by atoms with van der Waals surface area (Å²) in [5.41, 5.74) is 2.01. The van der Waals surface area contributed by atoms with Crippen molar-refractivity contribution in [2.24, 2.45) is 5.92 Å². The highest BCUT2D eigenvalue weighted by molar-refractivity contribution is 6.35. The molecule has 2 N–H and O–H groups in total. The van der Waals surface area contributed by atoms with Gasteiger partial charge in [-0.05, 0) is 62.4 Å². The van der Waals surface area contributed by atoms with Crippen molar-refractivity contribution in [1.82, 2.24) is 15.5 Å². The zero-order chi connectivity index (χ0) is 24.9. The Labute approximate surface area is 216 Å². The summed E-state index contributed by atoms with van der Waals surface area (Å²) < 4.78 is 0. The quantitative estimate of drug-likeness (QED) is 0.587. The SMILES string of the molecule is Cc1ccccc1C(=O)N[C@@H]1CCCC[C@H]1NC(=O)C1CCCN(C(=O)c2cc(Cl)cc(Cl)c2)C1. The molecular weight excluding hydrogens is 485 g/mol. The van der Waals surface area contributed by atoms with E-state index in [1.807, 2.05) is 31.2 Å². The molecule has 1 saturated carbocycles. The molecule has 35 heavy (non-hydrogen) atoms. The molecular formula is C27H31Cl2N3O3. The summed E-state index contributed by atoms with van der Waals surface area (Å²) in [4.78, 5) is 40.8. The number of hydrogen-bond donors (Lipinski definition) is 2. The third kappa shape index (κ3) is 6.36. The number of halogens is 2. The molecule has 8 heteroatoms. The van der Waals surface area contributed by atoms with Crippen LogP contribution < -0.4 is 10.6 Å². The molecule has 0 bridgehead atoms. The molecule has 1 saturated heterocycles. The van der Waals surface area contributed by atoms with Crippen LogP contribution in [0.25, 0.3) is 0 Å². The van der Waals surface area contributed by atoms with Gasteiger partial charge in [0.05, 0.1) is 5.92 Å². The lowest BCUT2D eigenvalue weighted by atomic mass is 9.88. The molecule has 0 radical (unpaired) electrons. The zero-order valence-electron chi connectivity index (χ0n) is 19.9. The van der Waals surface area contributed by atoms with E-state index < -0.39 is 0 Å². The van der Waals surface area contributed by atoms with Gasteiger partial charge in [0.15, 0.2) is 0 Å². The number of amides is 3. The molecule has 3 amide bonds. The van der Waals surface area contributed by atoms with E-state index in [2.05, 4.69) is 10.6 Å². The van der Waals surface area contributed by atoms with E-state index >= 15 is 0 Å². The Morgan fingerprint density at radius 2 is 1.54 bits per heavy atom. The third-order valence-electron chi connectivity index (χ3n) is 6.99. The first-order valence-electron chi connectivity index (χ1n) is 12.2. The number of aryl methyl sites for hydroxylation is 1. The summed E-state index contributed by atoms with van der Waals surface area (Å²) in [7, 11) is 0. The van der Waals surface area contributed by atoms with E-state index in [-0.39, 0.29) is 35.7 Å². The minimum atomic E-state index is -0.294. The average Bonchev–Trinajstić information content (AvgIpc) is 2.84. The average molecular weight is 516 g/mol. The second kappa shape index (κ2) is 11.4. The van der Waals surface area contributed by atoms with Gasteiger partial charge >= 0.3 is 0 Å². The van der Waals surface area contributed by atoms with Crippen molar-refractivity contribution in [2.45, 2.75) is 57.5 Å². The van der Waals surface area contributed by atoms with E-state index in [0.29, 0.717) is 34.3 Å². The summed E-state index contributed by atoms with van der Waals surface area (Å²) in [5.74, 6) is -0.637. The molecule has 1 aliphatic heterocycles. The van der Waals surface area contributed by atoms with Crippen LogP contribution in [0.1, 0.15) is 64.8 Å². The minimum absolute atomic E-state index is 0.0614. The number of rotatable bonds is 5. The number of piperidine rings is 1. The molecule has 0 spiro atoms. The summed E-state index contributed by atoms with van der Waals surface area (Å²) in [6.45, 7) is 2.86. The maximum atomic E-state index is 13.2. The third-order valence-corrected chi connectivity index (χ3v) is 7.43. The summed E-state index contributed by atoms with van der Waals surface area (Å²) in [6, 6.07) is 12.1. The smallest absolute Gasteiger partial charge is 0.253 e. The van der Waals surface area contributed by atoms with Gasteiger partial charge in [0, 0.05) is 46.3 Å². The fraction of sp³-hybridized carbons (Fsp3) is 0.444. The lowest BCUT2D eigenvalue weighted by Crippen LogP contribution is -2.55. The van der Waals surface area contributed by atoms with Crippen LogP contribution in [0.2, 0.25) is 10.0 Å². The normalized spacial score (nSPS) is 22.4. The maximum Gasteiger partial charge on any atom is 0.253 e. The second-order valence-electron chi connectivity index (χ2n) is 9.54. The Kier molecular flexibility index (Phi) is 8.34. The van der Waals surface area contributed by atoms with Gasteiger partial charge < -0.3 is 15.5 Å². The van der Waals surface area contributed by atoms with Crippen LogP contribution >= 0.6 is 23.2 Å². The predicted molar refractivity (Wildman–Crippen MR) is 138 cm³/mol. The maximum absolute atomic E-state index is 13.2. The van der Waals surface area contributed by atoms with Crippen molar-refractivity contribution >= 4 is 40.9 Å². The lowest BCUT2D eigenvalue weighted by molar-refractivity contribution is -0.127. The van der Waals surface area contributed by atoms with Crippen LogP contribution in [-0.4, -0.2) is 47.8 Å². The molecule has 1 heterocycles. The monoisotopic (exact) mass is 515 g/mol. The number of nitrogens with zero attached hydrogens (tertiary/aromatic N) is 1. The lowest BCUT2D eigenvalue weighted by Gasteiger charge is -2.36. The van der Waals surface area contributed by atoms with Crippen LogP contribution in [0.5, 0.6) is 0 Å². The predicted octanol–water partition coefficient (Wildman–Crippen LogP) is 5.01. The highest BCUT2D eigenvalue weighted by Crippen LogP contribution is 2.25. The van der Waals surface area contributed by atoms with Gasteiger partial charge in [0.1, 0.15) is 0 Å². The van der Waals surface area contributed by atoms with Gasteiger partial charge in [-0.15, -0.1) is 0 Å². The Morgan fingerprint density at radius 1 is 0.886 bits per heavy atom. The molecule has 186 valence electrons. The summed E-state index contributed by atoms with van der Waals surface area (Å²) in [6.07, 6.45) is 5.13. The van der Waals surface area contributed by atoms with E-state index in [4.69, 9.17) is 23.2 Å². The number of carbonyl (C=O) groups excluding carboxylic acids is 3. The van der Waals surface area contributed by atoms with Crippen molar-refractivity contribution in [3.63, 3.8) is 0 Å². The van der Waals surface area contributed by atoms with Gasteiger partial charge in [-0.1, -0.05) is 54.2 Å². The van der Waals surface area contributed by atoms with Crippen LogP contribution in [0.4, 0.5) is 0 Å². The Hall–Kier alpha value is -2.57. The standard InChI is InChI=1S/C27H31Cl2N3O3/c1-17-7-2-3-9-22(17)26(34)31-24-11-5-4-10-23(24)30-25(33)18-8-6-12-32(16-18)27(35)19-13-20(28)15-21(29)14-19/h2-3,7,9,13-15,18,23-24H,4-6,8,10-12,16H2,1H3,(H,30,33)(H,31,34)/t18?,23-,24-/m1/s1. The van der Waals surface area contributed by atoms with Crippen LogP contribution in [-0.2, 0) is 4.79 Å². The Morgan fingerprint density at radius 3 is 2.23 bits per heavy atom. The number of hydrogen-bond acceptors (Lipinski definition) is 3. The topological polar surface area (TPSA) is 78.5 Å². The molecule has 0 aromatic heterocycles. The Bertz CT molecular complexity index is 1090. The molecule has 1 aliphatic carbocycles. The van der Waals surface area contributed by atoms with Crippen molar-refractivity contribution < 1.29 is 14.4 Å². The van der Waals surface area contributed by atoms with Crippen molar-refractivity contribution in [3.8, 4) is 0 Å². The molecule has 1 unspecified atom stereocenters.